The van der Waals surface area contributed by atoms with Crippen LogP contribution in [0.5, 0.6) is 11.5 Å². The molecule has 2 N–H and O–H groups in total. The second-order valence-corrected chi connectivity index (χ2v) is 6.02. The Labute approximate surface area is 145 Å². The monoisotopic (exact) mass is 349 g/mol. The number of hydrogen-bond acceptors (Lipinski definition) is 6. The zero-order chi connectivity index (χ0) is 16.9. The molecular weight excluding hydrogens is 330 g/mol. The SMILES string of the molecule is COc1cccc(OCC2CCOCC2)c1-c1cc(Cl)nc(N)n1. The summed E-state index contributed by atoms with van der Waals surface area (Å²) >= 11 is 6.02. The molecule has 1 fully saturated rings. The van der Waals surface area contributed by atoms with Crippen LogP contribution in [-0.4, -0.2) is 36.9 Å². The quantitative estimate of drug-likeness (QED) is 0.835. The van der Waals surface area contributed by atoms with Crippen LogP contribution in [-0.2, 0) is 4.74 Å². The van der Waals surface area contributed by atoms with E-state index in [1.165, 1.54) is 0 Å². The third-order valence-electron chi connectivity index (χ3n) is 3.99. The van der Waals surface area contributed by atoms with Gasteiger partial charge in [0.2, 0.25) is 5.95 Å². The molecule has 2 heterocycles. The Balaban J connectivity index is 1.91. The first-order valence-corrected chi connectivity index (χ1v) is 8.23. The van der Waals surface area contributed by atoms with Gasteiger partial charge in [-0.2, -0.15) is 0 Å². The van der Waals surface area contributed by atoms with Crippen LogP contribution in [0.4, 0.5) is 5.95 Å². The molecule has 1 aromatic heterocycles. The van der Waals surface area contributed by atoms with E-state index in [4.69, 9.17) is 31.5 Å². The molecule has 6 nitrogen and oxygen atoms in total. The van der Waals surface area contributed by atoms with Crippen LogP contribution >= 0.6 is 11.6 Å². The van der Waals surface area contributed by atoms with Gasteiger partial charge < -0.3 is 19.9 Å². The highest BCUT2D eigenvalue weighted by atomic mass is 35.5. The van der Waals surface area contributed by atoms with Crippen molar-refractivity contribution in [2.45, 2.75) is 12.8 Å². The second-order valence-electron chi connectivity index (χ2n) is 5.63. The number of rotatable bonds is 5. The molecule has 0 unspecified atom stereocenters. The highest BCUT2D eigenvalue weighted by Crippen LogP contribution is 2.38. The maximum Gasteiger partial charge on any atom is 0.221 e. The van der Waals surface area contributed by atoms with Crippen LogP contribution in [0.25, 0.3) is 11.3 Å². The smallest absolute Gasteiger partial charge is 0.221 e. The summed E-state index contributed by atoms with van der Waals surface area (Å²) in [5.41, 5.74) is 7.03. The number of aromatic nitrogens is 2. The van der Waals surface area contributed by atoms with E-state index in [0.717, 1.165) is 31.6 Å². The second kappa shape index (κ2) is 7.68. The van der Waals surface area contributed by atoms with Gasteiger partial charge in [0.05, 0.1) is 25.0 Å². The fourth-order valence-electron chi connectivity index (χ4n) is 2.74. The number of nitrogens with zero attached hydrogens (tertiary/aromatic N) is 2. The summed E-state index contributed by atoms with van der Waals surface area (Å²) in [6.07, 6.45) is 2.01. The minimum atomic E-state index is 0.110. The summed E-state index contributed by atoms with van der Waals surface area (Å²) in [6, 6.07) is 7.27. The van der Waals surface area contributed by atoms with E-state index in [9.17, 15) is 0 Å². The van der Waals surface area contributed by atoms with Crippen molar-refractivity contribution in [2.24, 2.45) is 5.92 Å². The summed E-state index contributed by atoms with van der Waals surface area (Å²) in [4.78, 5) is 8.17. The number of nitrogens with two attached hydrogens (primary N) is 1. The zero-order valence-corrected chi connectivity index (χ0v) is 14.3. The predicted molar refractivity (Wildman–Crippen MR) is 92.5 cm³/mol. The van der Waals surface area contributed by atoms with Gasteiger partial charge in [0.15, 0.2) is 0 Å². The van der Waals surface area contributed by atoms with Crippen LogP contribution in [0, 0.1) is 5.92 Å². The van der Waals surface area contributed by atoms with Gasteiger partial charge in [0.1, 0.15) is 16.7 Å². The molecule has 0 radical (unpaired) electrons. The van der Waals surface area contributed by atoms with Gasteiger partial charge in [0.25, 0.3) is 0 Å². The number of methoxy groups -OCH3 is 1. The van der Waals surface area contributed by atoms with E-state index in [1.54, 1.807) is 13.2 Å². The lowest BCUT2D eigenvalue weighted by molar-refractivity contribution is 0.0498. The highest BCUT2D eigenvalue weighted by molar-refractivity contribution is 6.29. The van der Waals surface area contributed by atoms with Crippen molar-refractivity contribution < 1.29 is 14.2 Å². The summed E-state index contributed by atoms with van der Waals surface area (Å²) < 4.78 is 16.9. The summed E-state index contributed by atoms with van der Waals surface area (Å²) in [5, 5.41) is 0.277. The Hall–Kier alpha value is -2.05. The first kappa shape index (κ1) is 16.8. The molecule has 1 aliphatic heterocycles. The molecule has 1 aromatic carbocycles. The summed E-state index contributed by atoms with van der Waals surface area (Å²) in [7, 11) is 1.60. The molecule has 3 rings (SSSR count). The van der Waals surface area contributed by atoms with E-state index in [1.807, 2.05) is 18.2 Å². The maximum atomic E-state index is 6.07. The fourth-order valence-corrected chi connectivity index (χ4v) is 2.93. The van der Waals surface area contributed by atoms with Crippen LogP contribution < -0.4 is 15.2 Å². The number of nitrogen functional groups attached to an aromatic ring is 1. The molecule has 0 spiro atoms. The molecule has 24 heavy (non-hydrogen) atoms. The van der Waals surface area contributed by atoms with Gasteiger partial charge in [-0.05, 0) is 30.9 Å². The molecule has 0 saturated carbocycles. The van der Waals surface area contributed by atoms with Crippen LogP contribution in [0.15, 0.2) is 24.3 Å². The molecule has 0 aliphatic carbocycles. The van der Waals surface area contributed by atoms with E-state index in [-0.39, 0.29) is 11.1 Å². The Morgan fingerprint density at radius 2 is 2.00 bits per heavy atom. The lowest BCUT2D eigenvalue weighted by Gasteiger charge is -2.23. The molecule has 1 aliphatic rings. The number of benzene rings is 1. The molecule has 2 aromatic rings. The first-order valence-electron chi connectivity index (χ1n) is 7.85. The molecule has 1 saturated heterocycles. The average Bonchev–Trinajstić information content (AvgIpc) is 2.59. The number of anilines is 1. The third-order valence-corrected chi connectivity index (χ3v) is 4.19. The Morgan fingerprint density at radius 3 is 2.71 bits per heavy atom. The van der Waals surface area contributed by atoms with Crippen molar-refractivity contribution in [3.8, 4) is 22.8 Å². The molecular formula is C17H20ClN3O3. The zero-order valence-electron chi connectivity index (χ0n) is 13.5. The van der Waals surface area contributed by atoms with Crippen molar-refractivity contribution in [2.75, 3.05) is 32.7 Å². The van der Waals surface area contributed by atoms with E-state index in [0.29, 0.717) is 29.7 Å². The Kier molecular flexibility index (Phi) is 5.37. The van der Waals surface area contributed by atoms with E-state index in [2.05, 4.69) is 9.97 Å². The van der Waals surface area contributed by atoms with Gasteiger partial charge in [0, 0.05) is 19.3 Å². The fraction of sp³-hybridized carbons (Fsp3) is 0.412. The number of hydrogen-bond donors (Lipinski definition) is 1. The van der Waals surface area contributed by atoms with Crippen molar-refractivity contribution in [1.29, 1.82) is 0 Å². The highest BCUT2D eigenvalue weighted by Gasteiger charge is 2.19. The average molecular weight is 350 g/mol. The number of halogens is 1. The van der Waals surface area contributed by atoms with Gasteiger partial charge in [-0.3, -0.25) is 0 Å². The standard InChI is InChI=1S/C17H20ClN3O3/c1-22-13-3-2-4-14(24-10-11-5-7-23-8-6-11)16(13)12-9-15(18)21-17(19)20-12/h2-4,9,11H,5-8,10H2,1H3,(H2,19,20,21). The van der Waals surface area contributed by atoms with Crippen molar-refractivity contribution in [1.82, 2.24) is 9.97 Å². The predicted octanol–water partition coefficient (Wildman–Crippen LogP) is 3.19. The molecule has 128 valence electrons. The molecule has 0 atom stereocenters. The first-order chi connectivity index (χ1) is 11.7. The Bertz CT molecular complexity index is 685. The minimum Gasteiger partial charge on any atom is -0.496 e. The van der Waals surface area contributed by atoms with Crippen molar-refractivity contribution in [3.05, 3.63) is 29.4 Å². The molecule has 0 amide bonds. The Morgan fingerprint density at radius 1 is 1.25 bits per heavy atom. The largest absolute Gasteiger partial charge is 0.496 e. The minimum absolute atomic E-state index is 0.110. The van der Waals surface area contributed by atoms with E-state index < -0.39 is 0 Å². The number of ether oxygens (including phenoxy) is 3. The van der Waals surface area contributed by atoms with Crippen LogP contribution in [0.2, 0.25) is 5.15 Å². The molecule has 0 bridgehead atoms. The summed E-state index contributed by atoms with van der Waals surface area (Å²) in [5.74, 6) is 1.93. The van der Waals surface area contributed by atoms with Gasteiger partial charge in [-0.15, -0.1) is 0 Å². The van der Waals surface area contributed by atoms with Gasteiger partial charge >= 0.3 is 0 Å². The van der Waals surface area contributed by atoms with Gasteiger partial charge in [-0.1, -0.05) is 17.7 Å². The lowest BCUT2D eigenvalue weighted by Crippen LogP contribution is -2.21. The van der Waals surface area contributed by atoms with Crippen molar-refractivity contribution >= 4 is 17.5 Å². The van der Waals surface area contributed by atoms with Gasteiger partial charge in [-0.25, -0.2) is 9.97 Å². The topological polar surface area (TPSA) is 79.5 Å². The van der Waals surface area contributed by atoms with Crippen molar-refractivity contribution in [3.63, 3.8) is 0 Å². The van der Waals surface area contributed by atoms with Crippen LogP contribution in [0.3, 0.4) is 0 Å². The van der Waals surface area contributed by atoms with E-state index >= 15 is 0 Å². The summed E-state index contributed by atoms with van der Waals surface area (Å²) in [6.45, 7) is 2.20. The third kappa shape index (κ3) is 3.88. The van der Waals surface area contributed by atoms with Crippen LogP contribution in [0.1, 0.15) is 12.8 Å². The maximum absolute atomic E-state index is 6.07. The molecule has 7 heteroatoms. The lowest BCUT2D eigenvalue weighted by atomic mass is 10.0. The normalized spacial score (nSPS) is 15.2.